The molecule has 0 N–H and O–H groups in total. The maximum atomic E-state index is 5.89. The Morgan fingerprint density at radius 2 is 1.58 bits per heavy atom. The van der Waals surface area contributed by atoms with Crippen LogP contribution in [0.25, 0.3) is 0 Å². The Bertz CT molecular complexity index is 491. The molecule has 0 bridgehead atoms. The Balaban J connectivity index is 1.46. The van der Waals surface area contributed by atoms with Gasteiger partial charge in [0.2, 0.25) is 0 Å². The van der Waals surface area contributed by atoms with Crippen LogP contribution in [0.5, 0.6) is 5.75 Å². The molecule has 1 aromatic rings. The van der Waals surface area contributed by atoms with E-state index in [0.29, 0.717) is 12.7 Å². The van der Waals surface area contributed by atoms with Crippen molar-refractivity contribution in [3.63, 3.8) is 0 Å². The molecule has 0 saturated carbocycles. The van der Waals surface area contributed by atoms with Crippen LogP contribution < -0.4 is 4.74 Å². The normalized spacial score (nSPS) is 16.3. The van der Waals surface area contributed by atoms with Gasteiger partial charge in [-0.15, -0.1) is 0 Å². The third-order valence-corrected chi connectivity index (χ3v) is 5.01. The quantitative estimate of drug-likeness (QED) is 0.183. The fourth-order valence-electron chi connectivity index (χ4n) is 3.23. The van der Waals surface area contributed by atoms with Crippen LogP contribution in [-0.2, 0) is 11.2 Å². The molecule has 26 heavy (non-hydrogen) atoms. The van der Waals surface area contributed by atoms with Crippen LogP contribution in [0.1, 0.15) is 83.1 Å². The number of unbranched alkanes of at least 4 members (excludes halogenated alkanes) is 9. The summed E-state index contributed by atoms with van der Waals surface area (Å²) in [7, 11) is 0. The third-order valence-electron chi connectivity index (χ3n) is 5.01. The van der Waals surface area contributed by atoms with E-state index < -0.39 is 0 Å². The maximum Gasteiger partial charge on any atom is 0.122 e. The van der Waals surface area contributed by atoms with Crippen LogP contribution in [0, 0.1) is 0 Å². The lowest BCUT2D eigenvalue weighted by Crippen LogP contribution is -2.05. The van der Waals surface area contributed by atoms with E-state index in [4.69, 9.17) is 9.47 Å². The standard InChI is InChI=1S/C24H38O2/c1-2-3-4-5-6-7-8-9-10-11-12-13-14-17-22-18-15-16-19-24(22)26-21-23-20-25-23/h10-11,15-16,18-19,23H,2-9,12-14,17,20-21H2,1H3/b11-10+. The first-order valence-electron chi connectivity index (χ1n) is 10.9. The van der Waals surface area contributed by atoms with Gasteiger partial charge in [-0.05, 0) is 50.2 Å². The monoisotopic (exact) mass is 358 g/mol. The van der Waals surface area contributed by atoms with Crippen molar-refractivity contribution in [3.8, 4) is 5.75 Å². The molecule has 2 nitrogen and oxygen atoms in total. The molecule has 1 atom stereocenters. The van der Waals surface area contributed by atoms with Gasteiger partial charge < -0.3 is 9.47 Å². The molecular weight excluding hydrogens is 320 g/mol. The van der Waals surface area contributed by atoms with E-state index in [2.05, 4.69) is 43.3 Å². The minimum atomic E-state index is 0.324. The van der Waals surface area contributed by atoms with Crippen molar-refractivity contribution in [2.75, 3.05) is 13.2 Å². The second-order valence-electron chi connectivity index (χ2n) is 7.50. The summed E-state index contributed by atoms with van der Waals surface area (Å²) in [5, 5.41) is 0. The fourth-order valence-corrected chi connectivity index (χ4v) is 3.23. The zero-order valence-corrected chi connectivity index (χ0v) is 16.8. The molecule has 0 radical (unpaired) electrons. The Morgan fingerprint density at radius 3 is 2.31 bits per heavy atom. The molecule has 0 amide bonds. The minimum absolute atomic E-state index is 0.324. The average molecular weight is 359 g/mol. The lowest BCUT2D eigenvalue weighted by Gasteiger charge is -2.10. The van der Waals surface area contributed by atoms with Crippen molar-refractivity contribution < 1.29 is 9.47 Å². The van der Waals surface area contributed by atoms with E-state index in [9.17, 15) is 0 Å². The first-order chi connectivity index (χ1) is 12.9. The largest absolute Gasteiger partial charge is 0.491 e. The van der Waals surface area contributed by atoms with Crippen LogP contribution in [0.4, 0.5) is 0 Å². The smallest absolute Gasteiger partial charge is 0.122 e. The molecule has 1 fully saturated rings. The second-order valence-corrected chi connectivity index (χ2v) is 7.50. The number of aryl methyl sites for hydroxylation is 1. The van der Waals surface area contributed by atoms with Crippen molar-refractivity contribution in [2.45, 2.75) is 90.1 Å². The summed E-state index contributed by atoms with van der Waals surface area (Å²) in [6.45, 7) is 3.83. The van der Waals surface area contributed by atoms with Gasteiger partial charge in [0.25, 0.3) is 0 Å². The highest BCUT2D eigenvalue weighted by Crippen LogP contribution is 2.22. The van der Waals surface area contributed by atoms with Gasteiger partial charge >= 0.3 is 0 Å². The molecule has 1 saturated heterocycles. The molecule has 0 spiro atoms. The Labute approximate surface area is 161 Å². The van der Waals surface area contributed by atoms with Crippen molar-refractivity contribution >= 4 is 0 Å². The Hall–Kier alpha value is -1.28. The Kier molecular flexibility index (Phi) is 11.2. The predicted molar refractivity (Wildman–Crippen MR) is 111 cm³/mol. The molecule has 1 aliphatic rings. The highest BCUT2D eigenvalue weighted by Gasteiger charge is 2.23. The summed E-state index contributed by atoms with van der Waals surface area (Å²) >= 11 is 0. The zero-order valence-electron chi connectivity index (χ0n) is 16.8. The second kappa shape index (κ2) is 13.9. The van der Waals surface area contributed by atoms with Gasteiger partial charge in [-0.25, -0.2) is 0 Å². The molecule has 0 aromatic heterocycles. The lowest BCUT2D eigenvalue weighted by atomic mass is 10.1. The number of allylic oxidation sites excluding steroid dienone is 2. The predicted octanol–water partition coefficient (Wildman–Crippen LogP) is 6.87. The van der Waals surface area contributed by atoms with Gasteiger partial charge in [0.15, 0.2) is 0 Å². The van der Waals surface area contributed by atoms with Crippen molar-refractivity contribution in [2.24, 2.45) is 0 Å². The third kappa shape index (κ3) is 10.0. The number of rotatable bonds is 16. The summed E-state index contributed by atoms with van der Waals surface area (Å²) in [6.07, 6.45) is 20.9. The molecule has 0 aliphatic carbocycles. The summed E-state index contributed by atoms with van der Waals surface area (Å²) < 4.78 is 11.1. The van der Waals surface area contributed by atoms with Crippen LogP contribution >= 0.6 is 0 Å². The number of para-hydroxylation sites is 1. The first-order valence-corrected chi connectivity index (χ1v) is 10.9. The van der Waals surface area contributed by atoms with Crippen molar-refractivity contribution in [3.05, 3.63) is 42.0 Å². The molecule has 1 unspecified atom stereocenters. The molecule has 1 heterocycles. The zero-order chi connectivity index (χ0) is 18.3. The highest BCUT2D eigenvalue weighted by molar-refractivity contribution is 5.33. The van der Waals surface area contributed by atoms with E-state index in [1.807, 2.05) is 0 Å². The summed E-state index contributed by atoms with van der Waals surface area (Å²) in [6, 6.07) is 8.44. The summed E-state index contributed by atoms with van der Waals surface area (Å²) in [5.74, 6) is 1.04. The number of ether oxygens (including phenoxy) is 2. The van der Waals surface area contributed by atoms with Crippen LogP contribution in [0.2, 0.25) is 0 Å². The molecule has 1 aliphatic heterocycles. The lowest BCUT2D eigenvalue weighted by molar-refractivity contribution is 0.261. The van der Waals surface area contributed by atoms with Gasteiger partial charge in [-0.3, -0.25) is 0 Å². The molecule has 1 aromatic carbocycles. The number of benzene rings is 1. The van der Waals surface area contributed by atoms with E-state index >= 15 is 0 Å². The van der Waals surface area contributed by atoms with Crippen LogP contribution in [0.15, 0.2) is 36.4 Å². The van der Waals surface area contributed by atoms with Gasteiger partial charge in [-0.1, -0.05) is 75.8 Å². The number of epoxide rings is 1. The molecule has 146 valence electrons. The SMILES string of the molecule is CCCCCCCCC/C=C/CCCCc1ccccc1OCC1CO1. The van der Waals surface area contributed by atoms with E-state index in [1.165, 1.54) is 76.2 Å². The topological polar surface area (TPSA) is 21.8 Å². The van der Waals surface area contributed by atoms with E-state index in [-0.39, 0.29) is 0 Å². The maximum absolute atomic E-state index is 5.89. The molecular formula is C24H38O2. The average Bonchev–Trinajstić information content (AvgIpc) is 3.49. The summed E-state index contributed by atoms with van der Waals surface area (Å²) in [5.41, 5.74) is 1.33. The van der Waals surface area contributed by atoms with Gasteiger partial charge in [0.05, 0.1) is 6.61 Å². The van der Waals surface area contributed by atoms with Gasteiger partial charge in [0, 0.05) is 0 Å². The van der Waals surface area contributed by atoms with E-state index in [1.54, 1.807) is 0 Å². The van der Waals surface area contributed by atoms with E-state index in [0.717, 1.165) is 18.8 Å². The van der Waals surface area contributed by atoms with Crippen molar-refractivity contribution in [1.82, 2.24) is 0 Å². The van der Waals surface area contributed by atoms with Crippen LogP contribution in [-0.4, -0.2) is 19.3 Å². The van der Waals surface area contributed by atoms with Gasteiger partial charge in [-0.2, -0.15) is 0 Å². The minimum Gasteiger partial charge on any atom is -0.491 e. The van der Waals surface area contributed by atoms with Gasteiger partial charge in [0.1, 0.15) is 18.5 Å². The fraction of sp³-hybridized carbons (Fsp3) is 0.667. The number of hydrogen-bond donors (Lipinski definition) is 0. The van der Waals surface area contributed by atoms with Crippen LogP contribution in [0.3, 0.4) is 0 Å². The highest BCUT2D eigenvalue weighted by atomic mass is 16.6. The molecule has 2 rings (SSSR count). The number of hydrogen-bond acceptors (Lipinski definition) is 2. The molecule has 2 heteroatoms. The Morgan fingerprint density at radius 1 is 0.923 bits per heavy atom. The summed E-state index contributed by atoms with van der Waals surface area (Å²) in [4.78, 5) is 0. The first kappa shape index (κ1) is 21.0. The van der Waals surface area contributed by atoms with Crippen molar-refractivity contribution in [1.29, 1.82) is 0 Å².